The van der Waals surface area contributed by atoms with Gasteiger partial charge in [-0.15, -0.1) is 0 Å². The Labute approximate surface area is 171 Å². The second-order valence-corrected chi connectivity index (χ2v) is 6.67. The Balaban J connectivity index is 1.68. The number of halogens is 3. The number of hydrogen-bond donors (Lipinski definition) is 2. The van der Waals surface area contributed by atoms with Crippen molar-refractivity contribution >= 4 is 52.5 Å². The normalized spacial score (nSPS) is 11.4. The molecule has 0 spiro atoms. The third-order valence-electron chi connectivity index (χ3n) is 3.29. The first-order chi connectivity index (χ1) is 12.8. The van der Waals surface area contributed by atoms with Crippen molar-refractivity contribution in [3.8, 4) is 5.75 Å². The van der Waals surface area contributed by atoms with Gasteiger partial charge >= 0.3 is 6.09 Å². The minimum absolute atomic E-state index is 0.000413. The number of carbonyl (C=O) groups excluding carboxylic acids is 2. The molecule has 27 heavy (non-hydrogen) atoms. The fourth-order valence-electron chi connectivity index (χ4n) is 1.96. The lowest BCUT2D eigenvalue weighted by atomic mass is 10.3. The average molecular weight is 432 g/mol. The van der Waals surface area contributed by atoms with Crippen molar-refractivity contribution in [3.63, 3.8) is 0 Å². The highest BCUT2D eigenvalue weighted by Crippen LogP contribution is 2.28. The second kappa shape index (κ2) is 10.3. The molecule has 2 aromatic carbocycles. The van der Waals surface area contributed by atoms with Gasteiger partial charge in [0.15, 0.2) is 6.10 Å². The van der Waals surface area contributed by atoms with Crippen LogP contribution in [-0.4, -0.2) is 31.3 Å². The molecule has 0 saturated heterocycles. The fourth-order valence-corrected chi connectivity index (χ4v) is 2.54. The van der Waals surface area contributed by atoms with Gasteiger partial charge in [-0.05, 0) is 49.4 Å². The molecule has 9 heteroatoms. The molecule has 0 radical (unpaired) electrons. The monoisotopic (exact) mass is 430 g/mol. The molecule has 1 unspecified atom stereocenters. The second-order valence-electron chi connectivity index (χ2n) is 5.39. The zero-order valence-electron chi connectivity index (χ0n) is 14.3. The summed E-state index contributed by atoms with van der Waals surface area (Å²) in [7, 11) is 0. The molecular formula is C18H17Cl3N2O4. The Kier molecular flexibility index (Phi) is 8.03. The molecule has 0 heterocycles. The van der Waals surface area contributed by atoms with Crippen molar-refractivity contribution in [2.24, 2.45) is 0 Å². The standard InChI is InChI=1S/C18H17Cl3N2O4/c1-11(27-16-7-4-13(20)10-15(16)21)17(24)22-8-9-26-18(25)23-14-5-2-12(19)3-6-14/h2-7,10-11H,8-9H2,1H3,(H,22,24)(H,23,25). The van der Waals surface area contributed by atoms with Gasteiger partial charge in [0.2, 0.25) is 0 Å². The highest BCUT2D eigenvalue weighted by molar-refractivity contribution is 6.35. The number of hydrogen-bond acceptors (Lipinski definition) is 4. The third kappa shape index (κ3) is 7.17. The summed E-state index contributed by atoms with van der Waals surface area (Å²) in [6, 6.07) is 11.3. The van der Waals surface area contributed by atoms with Gasteiger partial charge in [-0.25, -0.2) is 4.79 Å². The van der Waals surface area contributed by atoms with E-state index >= 15 is 0 Å². The molecule has 2 rings (SSSR count). The predicted octanol–water partition coefficient (Wildman–Crippen LogP) is 4.78. The minimum Gasteiger partial charge on any atom is -0.479 e. The number of nitrogens with one attached hydrogen (secondary N) is 2. The first kappa shape index (κ1) is 21.2. The summed E-state index contributed by atoms with van der Waals surface area (Å²) >= 11 is 17.6. The van der Waals surface area contributed by atoms with Crippen LogP contribution in [0.3, 0.4) is 0 Å². The minimum atomic E-state index is -0.786. The van der Waals surface area contributed by atoms with Crippen LogP contribution in [0.4, 0.5) is 10.5 Å². The van der Waals surface area contributed by atoms with Crippen molar-refractivity contribution in [1.82, 2.24) is 5.32 Å². The van der Waals surface area contributed by atoms with E-state index in [4.69, 9.17) is 44.3 Å². The molecule has 1 atom stereocenters. The van der Waals surface area contributed by atoms with E-state index in [0.717, 1.165) is 0 Å². The van der Waals surface area contributed by atoms with E-state index in [9.17, 15) is 9.59 Å². The Bertz CT molecular complexity index is 800. The Morgan fingerprint density at radius 3 is 2.37 bits per heavy atom. The van der Waals surface area contributed by atoms with Crippen molar-refractivity contribution in [1.29, 1.82) is 0 Å². The quantitative estimate of drug-likeness (QED) is 0.619. The molecule has 0 bridgehead atoms. The summed E-state index contributed by atoms with van der Waals surface area (Å²) < 4.78 is 10.5. The van der Waals surface area contributed by atoms with E-state index in [1.165, 1.54) is 6.07 Å². The van der Waals surface area contributed by atoms with E-state index in [1.54, 1.807) is 43.3 Å². The van der Waals surface area contributed by atoms with Crippen molar-refractivity contribution < 1.29 is 19.1 Å². The third-order valence-corrected chi connectivity index (χ3v) is 4.07. The van der Waals surface area contributed by atoms with Crippen LogP contribution in [-0.2, 0) is 9.53 Å². The van der Waals surface area contributed by atoms with Crippen LogP contribution in [0.2, 0.25) is 15.1 Å². The lowest BCUT2D eigenvalue weighted by molar-refractivity contribution is -0.127. The molecule has 0 aliphatic rings. The van der Waals surface area contributed by atoms with Gasteiger partial charge in [0.05, 0.1) is 11.6 Å². The smallest absolute Gasteiger partial charge is 0.411 e. The van der Waals surface area contributed by atoms with Crippen LogP contribution in [0.5, 0.6) is 5.75 Å². The van der Waals surface area contributed by atoms with Gasteiger partial charge in [0.1, 0.15) is 12.4 Å². The molecule has 0 aromatic heterocycles. The van der Waals surface area contributed by atoms with E-state index in [-0.39, 0.29) is 19.1 Å². The van der Waals surface area contributed by atoms with Crippen LogP contribution in [0.1, 0.15) is 6.92 Å². The average Bonchev–Trinajstić information content (AvgIpc) is 2.62. The van der Waals surface area contributed by atoms with Crippen molar-refractivity contribution in [3.05, 3.63) is 57.5 Å². The summed E-state index contributed by atoms with van der Waals surface area (Å²) in [5.41, 5.74) is 0.551. The molecule has 6 nitrogen and oxygen atoms in total. The Hall–Kier alpha value is -2.15. The number of benzene rings is 2. The lowest BCUT2D eigenvalue weighted by Gasteiger charge is -2.15. The molecule has 2 amide bonds. The maximum Gasteiger partial charge on any atom is 0.411 e. The number of ether oxygens (including phenoxy) is 2. The largest absolute Gasteiger partial charge is 0.479 e. The maximum atomic E-state index is 12.0. The zero-order valence-corrected chi connectivity index (χ0v) is 16.6. The van der Waals surface area contributed by atoms with Crippen LogP contribution >= 0.6 is 34.8 Å². The first-order valence-corrected chi connectivity index (χ1v) is 9.07. The molecule has 0 fully saturated rings. The van der Waals surface area contributed by atoms with E-state index in [1.807, 2.05) is 0 Å². The highest BCUT2D eigenvalue weighted by atomic mass is 35.5. The molecule has 144 valence electrons. The Morgan fingerprint density at radius 2 is 1.70 bits per heavy atom. The molecule has 0 saturated carbocycles. The number of carbonyl (C=O) groups is 2. The molecule has 0 aliphatic carbocycles. The maximum absolute atomic E-state index is 12.0. The topological polar surface area (TPSA) is 76.7 Å². The lowest BCUT2D eigenvalue weighted by Crippen LogP contribution is -2.38. The molecule has 0 aliphatic heterocycles. The van der Waals surface area contributed by atoms with Crippen LogP contribution in [0.25, 0.3) is 0 Å². The summed E-state index contributed by atoms with van der Waals surface area (Å²) in [6.07, 6.45) is -1.42. The number of rotatable bonds is 7. The van der Waals surface area contributed by atoms with E-state index in [2.05, 4.69) is 10.6 Å². The highest BCUT2D eigenvalue weighted by Gasteiger charge is 2.16. The van der Waals surface area contributed by atoms with Gasteiger partial charge in [-0.3, -0.25) is 10.1 Å². The SMILES string of the molecule is CC(Oc1ccc(Cl)cc1Cl)C(=O)NCCOC(=O)Nc1ccc(Cl)cc1. The number of amides is 2. The van der Waals surface area contributed by atoms with Gasteiger partial charge in [-0.1, -0.05) is 34.8 Å². The summed E-state index contributed by atoms with van der Waals surface area (Å²) in [5.74, 6) is -0.0231. The van der Waals surface area contributed by atoms with Gasteiger partial charge < -0.3 is 14.8 Å². The molecule has 2 N–H and O–H groups in total. The molecule has 2 aromatic rings. The predicted molar refractivity (Wildman–Crippen MR) is 106 cm³/mol. The Morgan fingerprint density at radius 1 is 1.04 bits per heavy atom. The fraction of sp³-hybridized carbons (Fsp3) is 0.222. The van der Waals surface area contributed by atoms with E-state index < -0.39 is 12.2 Å². The van der Waals surface area contributed by atoms with Gasteiger partial charge in [-0.2, -0.15) is 0 Å². The summed E-state index contributed by atoms with van der Waals surface area (Å²) in [4.78, 5) is 23.7. The van der Waals surface area contributed by atoms with Gasteiger partial charge in [0, 0.05) is 15.7 Å². The van der Waals surface area contributed by atoms with Crippen LogP contribution < -0.4 is 15.4 Å². The number of anilines is 1. The zero-order chi connectivity index (χ0) is 19.8. The van der Waals surface area contributed by atoms with Crippen LogP contribution in [0.15, 0.2) is 42.5 Å². The van der Waals surface area contributed by atoms with E-state index in [0.29, 0.717) is 26.5 Å². The summed E-state index contributed by atoms with van der Waals surface area (Å²) in [6.45, 7) is 1.71. The summed E-state index contributed by atoms with van der Waals surface area (Å²) in [5, 5.41) is 6.49. The van der Waals surface area contributed by atoms with Crippen molar-refractivity contribution in [2.45, 2.75) is 13.0 Å². The molecular weight excluding hydrogens is 415 g/mol. The van der Waals surface area contributed by atoms with Crippen molar-refractivity contribution in [2.75, 3.05) is 18.5 Å². The van der Waals surface area contributed by atoms with Gasteiger partial charge in [0.25, 0.3) is 5.91 Å². The van der Waals surface area contributed by atoms with Crippen LogP contribution in [0, 0.1) is 0 Å². The first-order valence-electron chi connectivity index (χ1n) is 7.94.